The van der Waals surface area contributed by atoms with Gasteiger partial charge in [0.15, 0.2) is 0 Å². The number of halogens is 1. The Labute approximate surface area is 128 Å². The Kier molecular flexibility index (Phi) is 3.89. The van der Waals surface area contributed by atoms with Crippen molar-refractivity contribution in [2.75, 3.05) is 0 Å². The van der Waals surface area contributed by atoms with Crippen molar-refractivity contribution in [3.63, 3.8) is 0 Å². The van der Waals surface area contributed by atoms with Gasteiger partial charge in [0, 0.05) is 4.47 Å². The highest BCUT2D eigenvalue weighted by Crippen LogP contribution is 2.46. The lowest BCUT2D eigenvalue weighted by Crippen LogP contribution is -2.42. The maximum absolute atomic E-state index is 11.6. The Hall–Kier alpha value is -0.830. The van der Waals surface area contributed by atoms with Gasteiger partial charge in [0.05, 0.1) is 5.41 Å². The predicted molar refractivity (Wildman–Crippen MR) is 83.1 cm³/mol. The maximum atomic E-state index is 11.6. The van der Waals surface area contributed by atoms with E-state index in [4.69, 9.17) is 0 Å². The minimum absolute atomic E-state index is 0.617. The van der Waals surface area contributed by atoms with Crippen LogP contribution in [0.2, 0.25) is 0 Å². The molecule has 0 unspecified atom stereocenters. The summed E-state index contributed by atoms with van der Waals surface area (Å²) in [5.41, 5.74) is 1.73. The molecule has 0 heterocycles. The quantitative estimate of drug-likeness (QED) is 0.842. The number of aliphatic carboxylic acids is 1. The van der Waals surface area contributed by atoms with Crippen molar-refractivity contribution in [3.8, 4) is 0 Å². The van der Waals surface area contributed by atoms with E-state index in [0.717, 1.165) is 29.3 Å². The summed E-state index contributed by atoms with van der Waals surface area (Å²) in [4.78, 5) is 11.6. The summed E-state index contributed by atoms with van der Waals surface area (Å²) < 4.78 is 1.11. The summed E-state index contributed by atoms with van der Waals surface area (Å²) in [7, 11) is 0. The van der Waals surface area contributed by atoms with E-state index in [-0.39, 0.29) is 0 Å². The summed E-state index contributed by atoms with van der Waals surface area (Å²) in [6.07, 6.45) is 9.09. The lowest BCUT2D eigenvalue weighted by Gasteiger charge is -2.38. The molecule has 2 nitrogen and oxygen atoms in total. The van der Waals surface area contributed by atoms with Gasteiger partial charge in [-0.25, -0.2) is 0 Å². The van der Waals surface area contributed by atoms with E-state index in [9.17, 15) is 9.90 Å². The minimum Gasteiger partial charge on any atom is -0.481 e. The number of hydrogen-bond donors (Lipinski definition) is 1. The molecular formula is C17H21BrO2. The third-order valence-electron chi connectivity index (χ3n) is 5.21. The molecule has 1 aromatic carbocycles. The second kappa shape index (κ2) is 5.51. The van der Waals surface area contributed by atoms with Gasteiger partial charge in [-0.3, -0.25) is 4.79 Å². The third kappa shape index (κ3) is 2.30. The zero-order valence-electron chi connectivity index (χ0n) is 11.7. The molecule has 1 N–H and O–H groups in total. The molecule has 0 amide bonds. The van der Waals surface area contributed by atoms with Crippen LogP contribution in [-0.4, -0.2) is 11.1 Å². The molecule has 0 saturated heterocycles. The largest absolute Gasteiger partial charge is 0.481 e. The van der Waals surface area contributed by atoms with Gasteiger partial charge < -0.3 is 5.11 Å². The van der Waals surface area contributed by atoms with Crippen molar-refractivity contribution in [1.29, 1.82) is 0 Å². The number of carbonyl (C=O) groups is 1. The Balaban J connectivity index is 1.89. The Morgan fingerprint density at radius 2 is 1.85 bits per heavy atom. The van der Waals surface area contributed by atoms with Crippen LogP contribution in [0.5, 0.6) is 0 Å². The van der Waals surface area contributed by atoms with Crippen molar-refractivity contribution >= 4 is 21.9 Å². The molecular weight excluding hydrogens is 316 g/mol. The molecule has 1 aromatic rings. The van der Waals surface area contributed by atoms with Gasteiger partial charge in [-0.1, -0.05) is 53.7 Å². The van der Waals surface area contributed by atoms with E-state index in [1.807, 2.05) is 0 Å². The van der Waals surface area contributed by atoms with E-state index in [1.54, 1.807) is 0 Å². The molecule has 3 heteroatoms. The zero-order chi connectivity index (χ0) is 14.2. The smallest absolute Gasteiger partial charge is 0.314 e. The van der Waals surface area contributed by atoms with E-state index in [2.05, 4.69) is 34.1 Å². The molecule has 2 fully saturated rings. The highest BCUT2D eigenvalue weighted by atomic mass is 79.9. The first-order valence-electron chi connectivity index (χ1n) is 7.67. The topological polar surface area (TPSA) is 37.3 Å². The van der Waals surface area contributed by atoms with Gasteiger partial charge in [0.2, 0.25) is 0 Å². The van der Waals surface area contributed by atoms with Gasteiger partial charge in [0.1, 0.15) is 0 Å². The fourth-order valence-corrected chi connectivity index (χ4v) is 4.43. The van der Waals surface area contributed by atoms with Crippen molar-refractivity contribution < 1.29 is 9.90 Å². The van der Waals surface area contributed by atoms with Gasteiger partial charge in [-0.15, -0.1) is 0 Å². The summed E-state index contributed by atoms with van der Waals surface area (Å²) >= 11 is 3.68. The van der Waals surface area contributed by atoms with Crippen LogP contribution in [0.25, 0.3) is 0 Å². The molecule has 2 aliphatic carbocycles. The lowest BCUT2D eigenvalue weighted by atomic mass is 9.64. The normalized spacial score (nSPS) is 22.2. The van der Waals surface area contributed by atoms with Gasteiger partial charge in [-0.2, -0.15) is 0 Å². The molecule has 0 aromatic heterocycles. The van der Waals surface area contributed by atoms with E-state index < -0.39 is 11.4 Å². The average Bonchev–Trinajstić information content (AvgIpc) is 2.38. The monoisotopic (exact) mass is 336 g/mol. The standard InChI is InChI=1S/C17H21BrO2/c18-15-11-13(17(16(19)20)9-4-10-17)7-8-14(15)12-5-2-1-3-6-12/h7-8,11-12H,1-6,9-10H2,(H,19,20). The van der Waals surface area contributed by atoms with Crippen LogP contribution in [0.3, 0.4) is 0 Å². The molecule has 0 atom stereocenters. The fourth-order valence-electron chi connectivity index (χ4n) is 3.73. The minimum atomic E-state index is -0.666. The van der Waals surface area contributed by atoms with Crippen LogP contribution in [0, 0.1) is 0 Å². The molecule has 20 heavy (non-hydrogen) atoms. The fraction of sp³-hybridized carbons (Fsp3) is 0.588. The highest BCUT2D eigenvalue weighted by Gasteiger charge is 2.46. The van der Waals surface area contributed by atoms with Gasteiger partial charge >= 0.3 is 5.97 Å². The van der Waals surface area contributed by atoms with Gasteiger partial charge in [0.25, 0.3) is 0 Å². The summed E-state index contributed by atoms with van der Waals surface area (Å²) in [6.45, 7) is 0. The van der Waals surface area contributed by atoms with E-state index >= 15 is 0 Å². The molecule has 0 aliphatic heterocycles. The van der Waals surface area contributed by atoms with Crippen LogP contribution < -0.4 is 0 Å². The Bertz CT molecular complexity index is 514. The molecule has 3 rings (SSSR count). The van der Waals surface area contributed by atoms with Crippen molar-refractivity contribution in [2.45, 2.75) is 62.7 Å². The Morgan fingerprint density at radius 1 is 1.15 bits per heavy atom. The number of carboxylic acid groups (broad SMARTS) is 1. The maximum Gasteiger partial charge on any atom is 0.314 e. The second-order valence-electron chi connectivity index (χ2n) is 6.31. The highest BCUT2D eigenvalue weighted by molar-refractivity contribution is 9.10. The predicted octanol–water partition coefficient (Wildman–Crippen LogP) is 5.00. The number of benzene rings is 1. The lowest BCUT2D eigenvalue weighted by molar-refractivity contribution is -0.147. The SMILES string of the molecule is O=C(O)C1(c2ccc(C3CCCCC3)c(Br)c2)CCC1. The van der Waals surface area contributed by atoms with E-state index in [1.165, 1.54) is 37.7 Å². The van der Waals surface area contributed by atoms with Crippen LogP contribution in [0.4, 0.5) is 0 Å². The summed E-state index contributed by atoms with van der Waals surface area (Å²) in [5.74, 6) is -0.0181. The summed E-state index contributed by atoms with van der Waals surface area (Å²) in [5, 5.41) is 9.53. The second-order valence-corrected chi connectivity index (χ2v) is 7.17. The molecule has 108 valence electrons. The van der Waals surface area contributed by atoms with Crippen LogP contribution in [0.15, 0.2) is 22.7 Å². The average molecular weight is 337 g/mol. The number of rotatable bonds is 3. The zero-order valence-corrected chi connectivity index (χ0v) is 13.3. The van der Waals surface area contributed by atoms with E-state index in [0.29, 0.717) is 5.92 Å². The molecule has 2 aliphatic rings. The molecule has 2 saturated carbocycles. The third-order valence-corrected chi connectivity index (χ3v) is 5.90. The first kappa shape index (κ1) is 14.1. The first-order chi connectivity index (χ1) is 9.63. The van der Waals surface area contributed by atoms with Crippen LogP contribution in [0.1, 0.15) is 68.4 Å². The molecule has 0 spiro atoms. The van der Waals surface area contributed by atoms with Crippen molar-refractivity contribution in [3.05, 3.63) is 33.8 Å². The summed E-state index contributed by atoms with van der Waals surface area (Å²) in [6, 6.07) is 6.29. The van der Waals surface area contributed by atoms with Gasteiger partial charge in [-0.05, 0) is 48.8 Å². The number of carboxylic acids is 1. The molecule has 0 radical (unpaired) electrons. The van der Waals surface area contributed by atoms with Crippen LogP contribution in [-0.2, 0) is 10.2 Å². The van der Waals surface area contributed by atoms with Crippen LogP contribution >= 0.6 is 15.9 Å². The number of hydrogen-bond acceptors (Lipinski definition) is 1. The van der Waals surface area contributed by atoms with Crippen molar-refractivity contribution in [1.82, 2.24) is 0 Å². The first-order valence-corrected chi connectivity index (χ1v) is 8.46. The van der Waals surface area contributed by atoms with Crippen molar-refractivity contribution in [2.24, 2.45) is 0 Å². The Morgan fingerprint density at radius 3 is 2.35 bits per heavy atom. The molecule has 0 bridgehead atoms.